The number of hydrogen-bond acceptors (Lipinski definition) is 3. The Kier molecular flexibility index (Phi) is 3.89. The van der Waals surface area contributed by atoms with Crippen LogP contribution >= 0.6 is 0 Å². The van der Waals surface area contributed by atoms with Crippen LogP contribution in [-0.2, 0) is 0 Å². The van der Waals surface area contributed by atoms with Crippen LogP contribution in [0.4, 0.5) is 5.69 Å². The van der Waals surface area contributed by atoms with Crippen LogP contribution in [0.5, 0.6) is 0 Å². The Morgan fingerprint density at radius 1 is 1.43 bits per heavy atom. The first-order valence-electron chi connectivity index (χ1n) is 5.06. The summed E-state index contributed by atoms with van der Waals surface area (Å²) >= 11 is 0. The average Bonchev–Trinajstić information content (AvgIpc) is 2.18. The quantitative estimate of drug-likeness (QED) is 0.768. The predicted molar refractivity (Wildman–Crippen MR) is 60.5 cm³/mol. The number of nitrogens with zero attached hydrogens (tertiary/aromatic N) is 1. The second-order valence-electron chi connectivity index (χ2n) is 3.91. The first kappa shape index (κ1) is 11.0. The molecule has 14 heavy (non-hydrogen) atoms. The molecule has 1 aromatic heterocycles. The van der Waals surface area contributed by atoms with Gasteiger partial charge < -0.3 is 11.1 Å². The van der Waals surface area contributed by atoms with Gasteiger partial charge in [0, 0.05) is 30.2 Å². The molecule has 3 nitrogen and oxygen atoms in total. The summed E-state index contributed by atoms with van der Waals surface area (Å²) in [4.78, 5) is 4.30. The van der Waals surface area contributed by atoms with Crippen LogP contribution in [0.3, 0.4) is 0 Å². The summed E-state index contributed by atoms with van der Waals surface area (Å²) in [6.07, 6.45) is 1.83. The van der Waals surface area contributed by atoms with E-state index < -0.39 is 0 Å². The van der Waals surface area contributed by atoms with Crippen LogP contribution in [0, 0.1) is 0 Å². The highest BCUT2D eigenvalue weighted by Gasteiger charge is 2.03. The van der Waals surface area contributed by atoms with Gasteiger partial charge in [-0.25, -0.2) is 0 Å². The van der Waals surface area contributed by atoms with Gasteiger partial charge in [-0.15, -0.1) is 0 Å². The number of pyridine rings is 1. The molecule has 1 heterocycles. The van der Waals surface area contributed by atoms with E-state index in [4.69, 9.17) is 5.73 Å². The van der Waals surface area contributed by atoms with E-state index in [1.807, 2.05) is 12.3 Å². The van der Waals surface area contributed by atoms with E-state index in [0.717, 1.165) is 11.4 Å². The zero-order valence-electron chi connectivity index (χ0n) is 9.12. The fourth-order valence-corrected chi connectivity index (χ4v) is 1.20. The van der Waals surface area contributed by atoms with Gasteiger partial charge in [0.05, 0.1) is 0 Å². The molecule has 1 atom stereocenters. The molecule has 0 aromatic carbocycles. The molecule has 0 saturated heterocycles. The Labute approximate surface area is 85.7 Å². The maximum Gasteiger partial charge on any atom is 0.0449 e. The van der Waals surface area contributed by atoms with E-state index in [0.29, 0.717) is 18.5 Å². The normalized spacial score (nSPS) is 12.9. The highest BCUT2D eigenvalue weighted by Crippen LogP contribution is 2.16. The Bertz CT molecular complexity index is 284. The monoisotopic (exact) mass is 193 g/mol. The molecular formula is C11H19N3. The Balaban J connectivity index is 2.73. The maximum absolute atomic E-state index is 5.54. The fraction of sp³-hybridized carbons (Fsp3) is 0.545. The molecular weight excluding hydrogens is 174 g/mol. The van der Waals surface area contributed by atoms with Crippen molar-refractivity contribution in [3.05, 3.63) is 24.0 Å². The first-order chi connectivity index (χ1) is 6.63. The molecule has 0 radical (unpaired) electrons. The Hall–Kier alpha value is -1.09. The van der Waals surface area contributed by atoms with Crippen molar-refractivity contribution in [3.8, 4) is 0 Å². The lowest BCUT2D eigenvalue weighted by Gasteiger charge is -2.14. The molecule has 0 fully saturated rings. The zero-order chi connectivity index (χ0) is 10.6. The van der Waals surface area contributed by atoms with Crippen LogP contribution in [0.15, 0.2) is 18.3 Å². The van der Waals surface area contributed by atoms with Crippen LogP contribution in [0.25, 0.3) is 0 Å². The SMILES string of the molecule is CC(CN)Nc1ccnc(C(C)C)c1. The van der Waals surface area contributed by atoms with Crippen LogP contribution in [-0.4, -0.2) is 17.6 Å². The lowest BCUT2D eigenvalue weighted by molar-refractivity contribution is 0.796. The topological polar surface area (TPSA) is 50.9 Å². The highest BCUT2D eigenvalue weighted by molar-refractivity contribution is 5.44. The van der Waals surface area contributed by atoms with E-state index in [-0.39, 0.29) is 0 Å². The lowest BCUT2D eigenvalue weighted by atomic mass is 10.1. The van der Waals surface area contributed by atoms with E-state index in [9.17, 15) is 0 Å². The summed E-state index contributed by atoms with van der Waals surface area (Å²) < 4.78 is 0. The summed E-state index contributed by atoms with van der Waals surface area (Å²) in [6, 6.07) is 4.35. The van der Waals surface area contributed by atoms with Gasteiger partial charge in [0.25, 0.3) is 0 Å². The minimum atomic E-state index is 0.303. The third-order valence-electron chi connectivity index (χ3n) is 2.14. The molecule has 0 aliphatic heterocycles. The second kappa shape index (κ2) is 4.96. The zero-order valence-corrected chi connectivity index (χ0v) is 9.12. The van der Waals surface area contributed by atoms with Gasteiger partial charge in [0.1, 0.15) is 0 Å². The lowest BCUT2D eigenvalue weighted by Crippen LogP contribution is -2.25. The molecule has 0 bridgehead atoms. The van der Waals surface area contributed by atoms with Gasteiger partial charge in [-0.3, -0.25) is 4.98 Å². The standard InChI is InChI=1S/C11H19N3/c1-8(2)11-6-10(4-5-13-11)14-9(3)7-12/h4-6,8-9H,7,12H2,1-3H3,(H,13,14). The highest BCUT2D eigenvalue weighted by atomic mass is 14.9. The van der Waals surface area contributed by atoms with Gasteiger partial charge in [-0.2, -0.15) is 0 Å². The van der Waals surface area contributed by atoms with Crippen LogP contribution in [0.2, 0.25) is 0 Å². The molecule has 78 valence electrons. The second-order valence-corrected chi connectivity index (χ2v) is 3.91. The van der Waals surface area contributed by atoms with Crippen LogP contribution < -0.4 is 11.1 Å². The predicted octanol–water partition coefficient (Wildman–Crippen LogP) is 1.96. The van der Waals surface area contributed by atoms with Gasteiger partial charge in [-0.1, -0.05) is 13.8 Å². The van der Waals surface area contributed by atoms with Crippen molar-refractivity contribution in [1.82, 2.24) is 4.98 Å². The van der Waals surface area contributed by atoms with E-state index in [1.54, 1.807) is 0 Å². The van der Waals surface area contributed by atoms with Crippen molar-refractivity contribution >= 4 is 5.69 Å². The van der Waals surface area contributed by atoms with Crippen molar-refractivity contribution < 1.29 is 0 Å². The van der Waals surface area contributed by atoms with Gasteiger partial charge in [-0.05, 0) is 25.0 Å². The van der Waals surface area contributed by atoms with Crippen molar-refractivity contribution in [3.63, 3.8) is 0 Å². The van der Waals surface area contributed by atoms with Gasteiger partial charge in [0.2, 0.25) is 0 Å². The van der Waals surface area contributed by atoms with E-state index in [2.05, 4.69) is 37.1 Å². The fourth-order valence-electron chi connectivity index (χ4n) is 1.20. The number of hydrogen-bond donors (Lipinski definition) is 2. The Morgan fingerprint density at radius 2 is 2.14 bits per heavy atom. The number of aromatic nitrogens is 1. The molecule has 3 heteroatoms. The number of anilines is 1. The van der Waals surface area contributed by atoms with Gasteiger partial charge in [0.15, 0.2) is 0 Å². The third-order valence-corrected chi connectivity index (χ3v) is 2.14. The molecule has 0 aliphatic rings. The van der Waals surface area contributed by atoms with E-state index >= 15 is 0 Å². The molecule has 3 N–H and O–H groups in total. The first-order valence-corrected chi connectivity index (χ1v) is 5.06. The minimum Gasteiger partial charge on any atom is -0.381 e. The summed E-state index contributed by atoms with van der Waals surface area (Å²) in [6.45, 7) is 6.98. The van der Waals surface area contributed by atoms with Crippen LogP contribution in [0.1, 0.15) is 32.4 Å². The minimum absolute atomic E-state index is 0.303. The number of rotatable bonds is 4. The number of nitrogens with two attached hydrogens (primary N) is 1. The van der Waals surface area contributed by atoms with Crippen molar-refractivity contribution in [2.45, 2.75) is 32.7 Å². The molecule has 0 amide bonds. The molecule has 1 unspecified atom stereocenters. The van der Waals surface area contributed by atoms with E-state index in [1.165, 1.54) is 0 Å². The molecule has 1 rings (SSSR count). The summed E-state index contributed by atoms with van der Waals surface area (Å²) in [7, 11) is 0. The van der Waals surface area contributed by atoms with Gasteiger partial charge >= 0.3 is 0 Å². The molecule has 1 aromatic rings. The maximum atomic E-state index is 5.54. The Morgan fingerprint density at radius 3 is 2.71 bits per heavy atom. The summed E-state index contributed by atoms with van der Waals surface area (Å²) in [5.41, 5.74) is 7.75. The molecule has 0 saturated carbocycles. The number of nitrogens with one attached hydrogen (secondary N) is 1. The summed E-state index contributed by atoms with van der Waals surface area (Å²) in [5, 5.41) is 3.32. The summed E-state index contributed by atoms with van der Waals surface area (Å²) in [5.74, 6) is 0.463. The average molecular weight is 193 g/mol. The largest absolute Gasteiger partial charge is 0.381 e. The van der Waals surface area contributed by atoms with Crippen molar-refractivity contribution in [1.29, 1.82) is 0 Å². The smallest absolute Gasteiger partial charge is 0.0449 e. The van der Waals surface area contributed by atoms with Crippen molar-refractivity contribution in [2.24, 2.45) is 5.73 Å². The molecule has 0 aliphatic carbocycles. The third kappa shape index (κ3) is 3.00. The van der Waals surface area contributed by atoms with Crippen molar-refractivity contribution in [2.75, 3.05) is 11.9 Å². The molecule has 0 spiro atoms.